The van der Waals surface area contributed by atoms with Crippen molar-refractivity contribution in [2.45, 2.75) is 39.8 Å². The van der Waals surface area contributed by atoms with E-state index >= 15 is 0 Å². The average Bonchev–Trinajstić information content (AvgIpc) is 2.77. The Kier molecular flexibility index (Phi) is 4.54. The van der Waals surface area contributed by atoms with E-state index in [2.05, 4.69) is 16.7 Å². The number of hydrogen-bond donors (Lipinski definition) is 0. The summed E-state index contributed by atoms with van der Waals surface area (Å²) in [6.45, 7) is 11.6. The Balaban J connectivity index is 2.22. The van der Waals surface area contributed by atoms with Crippen LogP contribution in [-0.2, 0) is 16.1 Å². The van der Waals surface area contributed by atoms with Crippen LogP contribution >= 0.6 is 0 Å². The number of aromatic nitrogens is 1. The molecule has 0 unspecified atom stereocenters. The molecule has 0 saturated heterocycles. The largest absolute Gasteiger partial charge is 0.444 e. The van der Waals surface area contributed by atoms with Gasteiger partial charge >= 0.3 is 6.09 Å². The van der Waals surface area contributed by atoms with Crippen LogP contribution in [-0.4, -0.2) is 40.4 Å². The maximum Gasteiger partial charge on any atom is 0.411 e. The van der Waals surface area contributed by atoms with E-state index in [1.807, 2.05) is 20.8 Å². The number of oxazole rings is 1. The lowest BCUT2D eigenvalue weighted by Crippen LogP contribution is -2.42. The average molecular weight is 307 g/mol. The lowest BCUT2D eigenvalue weighted by molar-refractivity contribution is 0.0244. The highest BCUT2D eigenvalue weighted by Gasteiger charge is 2.32. The summed E-state index contributed by atoms with van der Waals surface area (Å²) >= 11 is 0. The van der Waals surface area contributed by atoms with Crippen molar-refractivity contribution in [2.75, 3.05) is 13.2 Å². The minimum Gasteiger partial charge on any atom is -0.444 e. The maximum atomic E-state index is 12.2. The molecule has 22 heavy (non-hydrogen) atoms. The Morgan fingerprint density at radius 2 is 2.23 bits per heavy atom. The molecule has 0 aromatic carbocycles. The first-order valence-corrected chi connectivity index (χ1v) is 7.04. The van der Waals surface area contributed by atoms with Gasteiger partial charge in [-0.1, -0.05) is 17.8 Å². The van der Waals surface area contributed by atoms with Crippen LogP contribution in [0.2, 0.25) is 0 Å². The number of hydrogen-bond acceptors (Lipinski definition) is 6. The van der Waals surface area contributed by atoms with Gasteiger partial charge in [0.1, 0.15) is 23.6 Å². The van der Waals surface area contributed by atoms with Crippen molar-refractivity contribution < 1.29 is 18.8 Å². The van der Waals surface area contributed by atoms with Crippen LogP contribution < -0.4 is 0 Å². The summed E-state index contributed by atoms with van der Waals surface area (Å²) in [6, 6.07) is 0. The first-order chi connectivity index (χ1) is 10.3. The van der Waals surface area contributed by atoms with Gasteiger partial charge < -0.3 is 14.0 Å². The summed E-state index contributed by atoms with van der Waals surface area (Å²) < 4.78 is 10.9. The molecule has 0 saturated carbocycles. The molecule has 0 aliphatic carbocycles. The Morgan fingerprint density at radius 1 is 1.50 bits per heavy atom. The van der Waals surface area contributed by atoms with Gasteiger partial charge in [-0.05, 0) is 20.8 Å². The fraction of sp³-hybridized carbons (Fsp3) is 0.533. The first kappa shape index (κ1) is 16.1. The highest BCUT2D eigenvalue weighted by Crippen LogP contribution is 2.22. The van der Waals surface area contributed by atoms with E-state index in [4.69, 9.17) is 14.0 Å². The van der Waals surface area contributed by atoms with Crippen molar-refractivity contribution in [3.8, 4) is 0 Å². The molecular weight excluding hydrogens is 286 g/mol. The summed E-state index contributed by atoms with van der Waals surface area (Å²) in [5.74, 6) is 1.10. The van der Waals surface area contributed by atoms with Crippen molar-refractivity contribution >= 4 is 11.8 Å². The molecule has 0 radical (unpaired) electrons. The van der Waals surface area contributed by atoms with Gasteiger partial charge in [0.15, 0.2) is 11.7 Å². The number of carbonyl (C=O) groups is 1. The third-order valence-electron chi connectivity index (χ3n) is 2.77. The van der Waals surface area contributed by atoms with Crippen molar-refractivity contribution in [3.05, 3.63) is 30.0 Å². The third-order valence-corrected chi connectivity index (χ3v) is 2.77. The maximum absolute atomic E-state index is 12.2. The molecule has 2 rings (SSSR count). The summed E-state index contributed by atoms with van der Waals surface area (Å²) in [5, 5.41) is 4.03. The topological polar surface area (TPSA) is 77.2 Å². The highest BCUT2D eigenvalue weighted by atomic mass is 16.6. The van der Waals surface area contributed by atoms with E-state index in [0.717, 1.165) is 0 Å². The van der Waals surface area contributed by atoms with Gasteiger partial charge in [0.25, 0.3) is 0 Å². The van der Waals surface area contributed by atoms with Gasteiger partial charge in [-0.2, -0.15) is 0 Å². The molecule has 0 spiro atoms. The van der Waals surface area contributed by atoms with Gasteiger partial charge in [0, 0.05) is 6.92 Å². The van der Waals surface area contributed by atoms with Crippen molar-refractivity contribution in [2.24, 2.45) is 5.16 Å². The lowest BCUT2D eigenvalue weighted by atomic mass is 10.1. The number of fused-ring (bicyclic) bond motifs is 1. The molecule has 1 aliphatic heterocycles. The molecule has 0 atom stereocenters. The van der Waals surface area contributed by atoms with E-state index in [-0.39, 0.29) is 13.2 Å². The smallest absolute Gasteiger partial charge is 0.411 e. The summed E-state index contributed by atoms with van der Waals surface area (Å²) in [4.78, 5) is 23.2. The van der Waals surface area contributed by atoms with Crippen LogP contribution in [0.5, 0.6) is 0 Å². The van der Waals surface area contributed by atoms with Crippen LogP contribution in [0.4, 0.5) is 4.79 Å². The Hall–Kier alpha value is -2.31. The van der Waals surface area contributed by atoms with Crippen LogP contribution in [0.3, 0.4) is 0 Å². The van der Waals surface area contributed by atoms with Gasteiger partial charge in [-0.3, -0.25) is 4.90 Å². The monoisotopic (exact) mass is 307 g/mol. The quantitative estimate of drug-likeness (QED) is 0.487. The highest BCUT2D eigenvalue weighted by molar-refractivity contribution is 6.03. The molecule has 120 valence electrons. The lowest BCUT2D eigenvalue weighted by Gasteiger charge is -2.29. The summed E-state index contributed by atoms with van der Waals surface area (Å²) in [7, 11) is 0. The standard InChI is InChI=1S/C15H21N3O4/c1-6-7-20-17-11-8-18(14(19)22-15(3,4)5)9-12-13(11)16-10(2)21-12/h6H,1,7-9H2,2-5H3/b17-11+. The van der Waals surface area contributed by atoms with Crippen molar-refractivity contribution in [1.82, 2.24) is 9.88 Å². The molecule has 0 fully saturated rings. The van der Waals surface area contributed by atoms with E-state index < -0.39 is 11.7 Å². The second-order valence-electron chi connectivity index (χ2n) is 5.96. The molecule has 1 aromatic rings. The molecule has 1 amide bonds. The Morgan fingerprint density at radius 3 is 2.86 bits per heavy atom. The van der Waals surface area contributed by atoms with E-state index in [0.29, 0.717) is 29.6 Å². The zero-order valence-corrected chi connectivity index (χ0v) is 13.4. The minimum absolute atomic E-state index is 0.255. The van der Waals surface area contributed by atoms with Crippen LogP contribution in [0.15, 0.2) is 22.2 Å². The predicted octanol–water partition coefficient (Wildman–Crippen LogP) is 2.64. The Labute approximate surface area is 129 Å². The number of nitrogens with zero attached hydrogens (tertiary/aromatic N) is 3. The first-order valence-electron chi connectivity index (χ1n) is 7.04. The third kappa shape index (κ3) is 3.87. The SMILES string of the molecule is C=CCO/N=C1\CN(C(=O)OC(C)(C)C)Cc2oc(C)nc21. The van der Waals surface area contributed by atoms with E-state index in [1.54, 1.807) is 13.0 Å². The zero-order chi connectivity index (χ0) is 16.3. The molecule has 7 heteroatoms. The molecular formula is C15H21N3O4. The molecule has 0 N–H and O–H groups in total. The van der Waals surface area contributed by atoms with Crippen LogP contribution in [0.1, 0.15) is 38.1 Å². The zero-order valence-electron chi connectivity index (χ0n) is 13.4. The number of carbonyl (C=O) groups excluding carboxylic acids is 1. The molecule has 7 nitrogen and oxygen atoms in total. The summed E-state index contributed by atoms with van der Waals surface area (Å²) in [5.41, 5.74) is 0.595. The van der Waals surface area contributed by atoms with Crippen molar-refractivity contribution in [3.63, 3.8) is 0 Å². The molecule has 2 heterocycles. The Bertz CT molecular complexity index is 598. The molecule has 1 aliphatic rings. The number of ether oxygens (including phenoxy) is 1. The molecule has 0 bridgehead atoms. The van der Waals surface area contributed by atoms with Gasteiger partial charge in [-0.25, -0.2) is 9.78 Å². The fourth-order valence-electron chi connectivity index (χ4n) is 1.98. The van der Waals surface area contributed by atoms with E-state index in [1.165, 1.54) is 4.90 Å². The second-order valence-corrected chi connectivity index (χ2v) is 5.96. The normalized spacial score (nSPS) is 16.4. The van der Waals surface area contributed by atoms with Gasteiger partial charge in [-0.15, -0.1) is 0 Å². The number of rotatable bonds is 3. The van der Waals surface area contributed by atoms with Crippen LogP contribution in [0, 0.1) is 6.92 Å². The molecule has 1 aromatic heterocycles. The fourth-order valence-corrected chi connectivity index (χ4v) is 1.98. The second kappa shape index (κ2) is 6.21. The predicted molar refractivity (Wildman–Crippen MR) is 80.6 cm³/mol. The van der Waals surface area contributed by atoms with Crippen LogP contribution in [0.25, 0.3) is 0 Å². The van der Waals surface area contributed by atoms with Crippen molar-refractivity contribution in [1.29, 1.82) is 0 Å². The van der Waals surface area contributed by atoms with Gasteiger partial charge in [0.05, 0.1) is 13.1 Å². The number of oxime groups is 1. The van der Waals surface area contributed by atoms with E-state index in [9.17, 15) is 4.79 Å². The number of aryl methyl sites for hydroxylation is 1. The summed E-state index contributed by atoms with van der Waals surface area (Å²) in [6.07, 6.45) is 1.16. The minimum atomic E-state index is -0.564. The number of amides is 1. The van der Waals surface area contributed by atoms with Gasteiger partial charge in [0.2, 0.25) is 0 Å².